The average Bonchev–Trinajstić information content (AvgIpc) is 3.49. The molecule has 9 nitrogen and oxygen atoms in total. The van der Waals surface area contributed by atoms with Gasteiger partial charge in [-0.15, -0.1) is 11.8 Å². The van der Waals surface area contributed by atoms with E-state index in [9.17, 15) is 14.0 Å². The van der Waals surface area contributed by atoms with Gasteiger partial charge in [-0.2, -0.15) is 10.1 Å². The molecule has 4 aromatic rings. The second-order valence-electron chi connectivity index (χ2n) is 10.0. The van der Waals surface area contributed by atoms with Crippen LogP contribution in [-0.4, -0.2) is 68.1 Å². The third kappa shape index (κ3) is 4.82. The largest absolute Gasteiger partial charge is 0.352 e. The van der Waals surface area contributed by atoms with Crippen molar-refractivity contribution in [2.45, 2.75) is 23.5 Å². The minimum absolute atomic E-state index is 0.0763. The van der Waals surface area contributed by atoms with Crippen molar-refractivity contribution in [1.29, 1.82) is 0 Å². The molecule has 0 bridgehead atoms. The molecule has 2 aromatic heterocycles. The second kappa shape index (κ2) is 11.2. The van der Waals surface area contributed by atoms with Gasteiger partial charge < -0.3 is 14.6 Å². The first-order valence-corrected chi connectivity index (χ1v) is 14.5. The maximum absolute atomic E-state index is 15.1. The standard InChI is InChI=1S/C29H24ClF2N7O2S/c1-3-24(40)38-10-9-36(14-18(38)13-33-2)28-21-12-22(30)25(20-6-5-17(31)11-23(20)32)27-26(21)39(29(41)35-28)19(16-42-27)15-37-8-4-7-34-37/h3-8,11-12,18-19H,1,9-10,13-16H2/t18-,19?/m0/s1. The van der Waals surface area contributed by atoms with Gasteiger partial charge in [0.15, 0.2) is 0 Å². The van der Waals surface area contributed by atoms with Crippen molar-refractivity contribution >= 4 is 46.0 Å². The summed E-state index contributed by atoms with van der Waals surface area (Å²) in [4.78, 5) is 38.4. The third-order valence-electron chi connectivity index (χ3n) is 7.58. The van der Waals surface area contributed by atoms with E-state index < -0.39 is 23.4 Å². The van der Waals surface area contributed by atoms with Gasteiger partial charge >= 0.3 is 5.69 Å². The fourth-order valence-electron chi connectivity index (χ4n) is 5.72. The first kappa shape index (κ1) is 27.9. The molecule has 1 amide bonds. The van der Waals surface area contributed by atoms with Crippen LogP contribution in [0.2, 0.25) is 5.02 Å². The zero-order valence-corrected chi connectivity index (χ0v) is 23.8. The number of anilines is 1. The van der Waals surface area contributed by atoms with Gasteiger partial charge in [0.05, 0.1) is 23.1 Å². The molecule has 214 valence electrons. The molecule has 1 unspecified atom stereocenters. The topological polar surface area (TPSA) is 80.6 Å². The van der Waals surface area contributed by atoms with Crippen LogP contribution >= 0.6 is 23.4 Å². The molecule has 2 aliphatic heterocycles. The van der Waals surface area contributed by atoms with Crippen LogP contribution in [-0.2, 0) is 11.3 Å². The number of amides is 1. The van der Waals surface area contributed by atoms with E-state index in [0.717, 1.165) is 6.07 Å². The Morgan fingerprint density at radius 3 is 2.81 bits per heavy atom. The lowest BCUT2D eigenvalue weighted by Crippen LogP contribution is -2.56. The third-order valence-corrected chi connectivity index (χ3v) is 9.12. The number of rotatable bonds is 6. The van der Waals surface area contributed by atoms with Crippen molar-refractivity contribution < 1.29 is 13.6 Å². The molecule has 4 heterocycles. The van der Waals surface area contributed by atoms with Crippen LogP contribution in [0, 0.1) is 18.2 Å². The fraction of sp³-hybridized carbons (Fsp3) is 0.276. The van der Waals surface area contributed by atoms with Crippen molar-refractivity contribution in [2.75, 3.05) is 36.8 Å². The van der Waals surface area contributed by atoms with E-state index in [-0.39, 0.29) is 35.6 Å². The maximum Gasteiger partial charge on any atom is 0.350 e. The molecule has 0 N–H and O–H groups in total. The number of benzene rings is 2. The number of halogens is 3. The van der Waals surface area contributed by atoms with Crippen molar-refractivity contribution in [3.05, 3.63) is 93.9 Å². The number of aromatic nitrogens is 4. The van der Waals surface area contributed by atoms with E-state index in [1.54, 1.807) is 32.5 Å². The van der Waals surface area contributed by atoms with E-state index in [1.165, 1.54) is 30.0 Å². The first-order chi connectivity index (χ1) is 20.3. The molecule has 1 fully saturated rings. The van der Waals surface area contributed by atoms with E-state index in [1.807, 2.05) is 11.1 Å². The average molecular weight is 608 g/mol. The van der Waals surface area contributed by atoms with Gasteiger partial charge in [0.1, 0.15) is 23.5 Å². The zero-order chi connectivity index (χ0) is 29.5. The molecule has 6 rings (SSSR count). The molecule has 2 aromatic carbocycles. The number of carbonyl (C=O) groups is 1. The van der Waals surface area contributed by atoms with Gasteiger partial charge in [-0.25, -0.2) is 20.1 Å². The smallest absolute Gasteiger partial charge is 0.350 e. The predicted octanol–water partition coefficient (Wildman–Crippen LogP) is 4.66. The van der Waals surface area contributed by atoms with Crippen LogP contribution in [0.5, 0.6) is 0 Å². The molecular weight excluding hydrogens is 584 g/mol. The number of nitrogens with zero attached hydrogens (tertiary/aromatic N) is 7. The molecule has 0 aliphatic carbocycles. The molecule has 0 spiro atoms. The number of hydrogen-bond donors (Lipinski definition) is 0. The van der Waals surface area contributed by atoms with E-state index in [2.05, 4.69) is 21.5 Å². The lowest BCUT2D eigenvalue weighted by atomic mass is 10.0. The van der Waals surface area contributed by atoms with Crippen LogP contribution in [0.1, 0.15) is 6.04 Å². The molecular formula is C29H24ClF2N7O2S. The lowest BCUT2D eigenvalue weighted by Gasteiger charge is -2.40. The number of thioether (sulfide) groups is 1. The summed E-state index contributed by atoms with van der Waals surface area (Å²) in [5.74, 6) is -0.893. The Morgan fingerprint density at radius 1 is 1.26 bits per heavy atom. The molecule has 2 aliphatic rings. The highest BCUT2D eigenvalue weighted by Crippen LogP contribution is 2.48. The minimum Gasteiger partial charge on any atom is -0.352 e. The SMILES string of the molecule is [C-]#[N+]C[C@H]1CN(c2nc(=O)n3c4c(c(-c5ccc(F)cc5F)c(Cl)cc24)SCC3Cn2cccn2)CCN1C(=O)C=C. The Kier molecular flexibility index (Phi) is 7.47. The minimum atomic E-state index is -0.764. The molecule has 42 heavy (non-hydrogen) atoms. The summed E-state index contributed by atoms with van der Waals surface area (Å²) in [5.41, 5.74) is 0.562. The fourth-order valence-corrected chi connectivity index (χ4v) is 7.40. The Morgan fingerprint density at radius 2 is 2.10 bits per heavy atom. The van der Waals surface area contributed by atoms with Crippen molar-refractivity contribution in [1.82, 2.24) is 24.2 Å². The summed E-state index contributed by atoms with van der Waals surface area (Å²) < 4.78 is 32.3. The first-order valence-electron chi connectivity index (χ1n) is 13.2. The predicted molar refractivity (Wildman–Crippen MR) is 158 cm³/mol. The van der Waals surface area contributed by atoms with E-state index >= 15 is 4.39 Å². The molecule has 0 radical (unpaired) electrons. The zero-order valence-electron chi connectivity index (χ0n) is 22.2. The van der Waals surface area contributed by atoms with Gasteiger partial charge in [-0.3, -0.25) is 14.0 Å². The molecule has 2 atom stereocenters. The van der Waals surface area contributed by atoms with Gasteiger partial charge in [-0.1, -0.05) is 18.2 Å². The molecule has 0 saturated carbocycles. The molecule has 1 saturated heterocycles. The highest BCUT2D eigenvalue weighted by molar-refractivity contribution is 7.99. The Labute approximate surface area is 248 Å². The normalized spacial score (nSPS) is 18.2. The van der Waals surface area contributed by atoms with Gasteiger partial charge in [0.2, 0.25) is 12.5 Å². The van der Waals surface area contributed by atoms with Gasteiger partial charge in [-0.05, 0) is 30.3 Å². The van der Waals surface area contributed by atoms with Crippen molar-refractivity contribution in [3.8, 4) is 11.1 Å². The number of hydrogen-bond acceptors (Lipinski definition) is 6. The summed E-state index contributed by atoms with van der Waals surface area (Å²) in [6, 6.07) is 6.05. The summed E-state index contributed by atoms with van der Waals surface area (Å²) in [7, 11) is 0. The van der Waals surface area contributed by atoms with Gasteiger partial charge in [0.25, 0.3) is 0 Å². The second-order valence-corrected chi connectivity index (χ2v) is 11.5. The van der Waals surface area contributed by atoms with Crippen LogP contribution in [0.3, 0.4) is 0 Å². The maximum atomic E-state index is 15.1. The Hall–Kier alpha value is -4.21. The van der Waals surface area contributed by atoms with Crippen LogP contribution < -0.4 is 10.6 Å². The van der Waals surface area contributed by atoms with Crippen molar-refractivity contribution in [3.63, 3.8) is 0 Å². The summed E-state index contributed by atoms with van der Waals surface area (Å²) >= 11 is 8.29. The van der Waals surface area contributed by atoms with Crippen LogP contribution in [0.15, 0.2) is 65.1 Å². The van der Waals surface area contributed by atoms with Gasteiger partial charge in [0, 0.05) is 65.3 Å². The summed E-state index contributed by atoms with van der Waals surface area (Å²) in [6.45, 7) is 12.4. The summed E-state index contributed by atoms with van der Waals surface area (Å²) in [6.07, 6.45) is 4.70. The number of carbonyl (C=O) groups excluding carboxylic acids is 1. The van der Waals surface area contributed by atoms with E-state index in [4.69, 9.17) is 18.2 Å². The molecule has 13 heteroatoms. The monoisotopic (exact) mass is 607 g/mol. The van der Waals surface area contributed by atoms with E-state index in [0.29, 0.717) is 52.6 Å². The highest BCUT2D eigenvalue weighted by Gasteiger charge is 2.35. The van der Waals surface area contributed by atoms with Crippen molar-refractivity contribution in [2.24, 2.45) is 0 Å². The summed E-state index contributed by atoms with van der Waals surface area (Å²) in [5, 5.41) is 5.11. The van der Waals surface area contributed by atoms with Crippen LogP contribution in [0.4, 0.5) is 14.6 Å². The van der Waals surface area contributed by atoms with Crippen LogP contribution in [0.25, 0.3) is 26.9 Å². The quantitative estimate of drug-likeness (QED) is 0.234. The highest BCUT2D eigenvalue weighted by atomic mass is 35.5. The lowest BCUT2D eigenvalue weighted by molar-refractivity contribution is -0.128. The Balaban J connectivity index is 1.55. The Bertz CT molecular complexity index is 1820. The number of piperazine rings is 1.